The van der Waals surface area contributed by atoms with Crippen LogP contribution in [-0.2, 0) is 10.5 Å². The zero-order valence-electron chi connectivity index (χ0n) is 12.0. The number of hydrogen-bond acceptors (Lipinski definition) is 5. The fourth-order valence-electron chi connectivity index (χ4n) is 2.53. The van der Waals surface area contributed by atoms with Gasteiger partial charge < -0.3 is 14.5 Å². The molecule has 0 aliphatic carbocycles. The van der Waals surface area contributed by atoms with Crippen molar-refractivity contribution in [1.29, 1.82) is 0 Å². The predicted octanol–water partition coefficient (Wildman–Crippen LogP) is 2.30. The SMILES string of the molecule is O=c1[nH]c(CS)nc2cc(OCC3CCOCC3)cc(F)c12. The minimum atomic E-state index is -0.626. The van der Waals surface area contributed by atoms with Crippen molar-refractivity contribution in [3.8, 4) is 5.75 Å². The van der Waals surface area contributed by atoms with Crippen LogP contribution >= 0.6 is 12.6 Å². The summed E-state index contributed by atoms with van der Waals surface area (Å²) in [6, 6.07) is 2.83. The van der Waals surface area contributed by atoms with Crippen molar-refractivity contribution in [3.63, 3.8) is 0 Å². The van der Waals surface area contributed by atoms with E-state index in [1.165, 1.54) is 6.07 Å². The summed E-state index contributed by atoms with van der Waals surface area (Å²) in [5.41, 5.74) is -0.211. The Kier molecular flexibility index (Phi) is 4.63. The van der Waals surface area contributed by atoms with E-state index in [1.54, 1.807) is 6.07 Å². The predicted molar refractivity (Wildman–Crippen MR) is 84.0 cm³/mol. The molecule has 0 bridgehead atoms. The molecule has 1 aliphatic rings. The van der Waals surface area contributed by atoms with Crippen LogP contribution in [-0.4, -0.2) is 29.8 Å². The quantitative estimate of drug-likeness (QED) is 0.847. The number of halogens is 1. The lowest BCUT2D eigenvalue weighted by molar-refractivity contribution is 0.0497. The summed E-state index contributed by atoms with van der Waals surface area (Å²) in [7, 11) is 0. The summed E-state index contributed by atoms with van der Waals surface area (Å²) in [4.78, 5) is 18.6. The number of rotatable bonds is 4. The second-order valence-electron chi connectivity index (χ2n) is 5.34. The third-order valence-corrected chi connectivity index (χ3v) is 4.06. The molecular weight excluding hydrogens is 307 g/mol. The second kappa shape index (κ2) is 6.66. The molecule has 1 saturated heterocycles. The van der Waals surface area contributed by atoms with Gasteiger partial charge in [-0.05, 0) is 18.8 Å². The Bertz CT molecular complexity index is 729. The van der Waals surface area contributed by atoms with Gasteiger partial charge in [-0.3, -0.25) is 4.79 Å². The van der Waals surface area contributed by atoms with Crippen molar-refractivity contribution in [1.82, 2.24) is 9.97 Å². The van der Waals surface area contributed by atoms with Crippen LogP contribution < -0.4 is 10.3 Å². The fourth-order valence-corrected chi connectivity index (χ4v) is 2.68. The average Bonchev–Trinajstić information content (AvgIpc) is 2.53. The molecular formula is C15H17FN2O3S. The summed E-state index contributed by atoms with van der Waals surface area (Å²) in [5, 5.41) is -0.0519. The van der Waals surface area contributed by atoms with Crippen LogP contribution in [0.5, 0.6) is 5.75 Å². The van der Waals surface area contributed by atoms with Crippen molar-refractivity contribution < 1.29 is 13.9 Å². The number of hydrogen-bond donors (Lipinski definition) is 2. The summed E-state index contributed by atoms with van der Waals surface area (Å²) in [6.45, 7) is 1.99. The highest BCUT2D eigenvalue weighted by Crippen LogP contribution is 2.23. The number of H-pyrrole nitrogens is 1. The fraction of sp³-hybridized carbons (Fsp3) is 0.467. The Labute approximate surface area is 132 Å². The molecule has 1 aromatic heterocycles. The zero-order valence-corrected chi connectivity index (χ0v) is 12.9. The highest BCUT2D eigenvalue weighted by atomic mass is 32.1. The molecule has 0 amide bonds. The van der Waals surface area contributed by atoms with E-state index in [4.69, 9.17) is 9.47 Å². The number of aromatic amines is 1. The van der Waals surface area contributed by atoms with Crippen LogP contribution in [0.15, 0.2) is 16.9 Å². The Morgan fingerprint density at radius 1 is 1.41 bits per heavy atom. The standard InChI is InChI=1S/C15H17FN2O3S/c16-11-5-10(21-7-9-1-3-20-4-2-9)6-12-14(11)15(19)18-13(8-22)17-12/h5-6,9,22H,1-4,7-8H2,(H,17,18,19). The molecule has 0 unspecified atom stereocenters. The monoisotopic (exact) mass is 324 g/mol. The van der Waals surface area contributed by atoms with Gasteiger partial charge in [-0.1, -0.05) is 0 Å². The van der Waals surface area contributed by atoms with E-state index in [0.29, 0.717) is 24.1 Å². The Morgan fingerprint density at radius 3 is 2.91 bits per heavy atom. The normalized spacial score (nSPS) is 16.1. The first-order chi connectivity index (χ1) is 10.7. The minimum absolute atomic E-state index is 0.0519. The molecule has 0 radical (unpaired) electrons. The van der Waals surface area contributed by atoms with E-state index < -0.39 is 11.4 Å². The number of ether oxygens (including phenoxy) is 2. The first kappa shape index (κ1) is 15.3. The maximum atomic E-state index is 14.1. The maximum Gasteiger partial charge on any atom is 0.261 e. The second-order valence-corrected chi connectivity index (χ2v) is 5.65. The van der Waals surface area contributed by atoms with Gasteiger partial charge in [0.15, 0.2) is 0 Å². The molecule has 1 aromatic carbocycles. The van der Waals surface area contributed by atoms with Gasteiger partial charge in [-0.2, -0.15) is 12.6 Å². The van der Waals surface area contributed by atoms with Crippen LogP contribution in [0.25, 0.3) is 10.9 Å². The third-order valence-electron chi connectivity index (χ3n) is 3.76. The van der Waals surface area contributed by atoms with Crippen molar-refractivity contribution in [2.45, 2.75) is 18.6 Å². The number of thiol groups is 1. The summed E-state index contributed by atoms with van der Waals surface area (Å²) in [6.07, 6.45) is 1.88. The Morgan fingerprint density at radius 2 is 2.18 bits per heavy atom. The molecule has 0 saturated carbocycles. The number of benzene rings is 1. The lowest BCUT2D eigenvalue weighted by atomic mass is 10.0. The molecule has 0 atom stereocenters. The van der Waals surface area contributed by atoms with Gasteiger partial charge in [0.2, 0.25) is 0 Å². The van der Waals surface area contributed by atoms with Crippen molar-refractivity contribution in [2.24, 2.45) is 5.92 Å². The van der Waals surface area contributed by atoms with Crippen LogP contribution in [0.2, 0.25) is 0 Å². The molecule has 1 N–H and O–H groups in total. The third kappa shape index (κ3) is 3.25. The highest BCUT2D eigenvalue weighted by molar-refractivity contribution is 7.79. The number of nitrogens with one attached hydrogen (secondary N) is 1. The van der Waals surface area contributed by atoms with Crippen LogP contribution in [0.4, 0.5) is 4.39 Å². The van der Waals surface area contributed by atoms with Crippen LogP contribution in [0, 0.1) is 11.7 Å². The summed E-state index contributed by atoms with van der Waals surface area (Å²) >= 11 is 4.08. The maximum absolute atomic E-state index is 14.1. The minimum Gasteiger partial charge on any atom is -0.493 e. The lowest BCUT2D eigenvalue weighted by Crippen LogP contribution is -2.21. The van der Waals surface area contributed by atoms with Gasteiger partial charge in [-0.25, -0.2) is 9.37 Å². The molecule has 1 fully saturated rings. The molecule has 1 aliphatic heterocycles. The number of fused-ring (bicyclic) bond motifs is 1. The first-order valence-corrected chi connectivity index (χ1v) is 7.84. The zero-order chi connectivity index (χ0) is 15.5. The summed E-state index contributed by atoms with van der Waals surface area (Å²) < 4.78 is 25.1. The van der Waals surface area contributed by atoms with Gasteiger partial charge in [0.1, 0.15) is 22.8 Å². The summed E-state index contributed by atoms with van der Waals surface area (Å²) in [5.74, 6) is 0.855. The van der Waals surface area contributed by atoms with Gasteiger partial charge in [0.05, 0.1) is 12.1 Å². The highest BCUT2D eigenvalue weighted by Gasteiger charge is 2.16. The van der Waals surface area contributed by atoms with Crippen LogP contribution in [0.1, 0.15) is 18.7 Å². The van der Waals surface area contributed by atoms with E-state index >= 15 is 0 Å². The van der Waals surface area contributed by atoms with Crippen LogP contribution in [0.3, 0.4) is 0 Å². The van der Waals surface area contributed by atoms with Gasteiger partial charge in [0.25, 0.3) is 5.56 Å². The topological polar surface area (TPSA) is 64.2 Å². The number of aromatic nitrogens is 2. The van der Waals surface area contributed by atoms with E-state index in [9.17, 15) is 9.18 Å². The molecule has 5 nitrogen and oxygen atoms in total. The smallest absolute Gasteiger partial charge is 0.261 e. The van der Waals surface area contributed by atoms with Crippen molar-refractivity contribution in [3.05, 3.63) is 34.1 Å². The molecule has 2 aromatic rings. The van der Waals surface area contributed by atoms with E-state index in [2.05, 4.69) is 22.6 Å². The van der Waals surface area contributed by atoms with E-state index in [-0.39, 0.29) is 16.7 Å². The first-order valence-electron chi connectivity index (χ1n) is 7.21. The molecule has 2 heterocycles. The van der Waals surface area contributed by atoms with Gasteiger partial charge in [0, 0.05) is 31.1 Å². The van der Waals surface area contributed by atoms with Crippen molar-refractivity contribution >= 4 is 23.5 Å². The van der Waals surface area contributed by atoms with E-state index in [0.717, 1.165) is 26.1 Å². The molecule has 3 rings (SSSR count). The largest absolute Gasteiger partial charge is 0.493 e. The number of nitrogens with zero attached hydrogens (tertiary/aromatic N) is 1. The molecule has 118 valence electrons. The van der Waals surface area contributed by atoms with Gasteiger partial charge >= 0.3 is 0 Å². The lowest BCUT2D eigenvalue weighted by Gasteiger charge is -2.22. The molecule has 22 heavy (non-hydrogen) atoms. The Balaban J connectivity index is 1.85. The van der Waals surface area contributed by atoms with E-state index in [1.807, 2.05) is 0 Å². The van der Waals surface area contributed by atoms with Crippen molar-refractivity contribution in [2.75, 3.05) is 19.8 Å². The van der Waals surface area contributed by atoms with Gasteiger partial charge in [-0.15, -0.1) is 0 Å². The Hall–Kier alpha value is -1.60. The molecule has 7 heteroatoms. The molecule has 0 spiro atoms. The average molecular weight is 324 g/mol.